The SMILES string of the molecule is CC(C)(C)CCN(C(=O)OCc1ccccc1)C(=O)N(CCCc1ccccc1)C(=O)c1nc(C(=O)N[C@H]2C[C@H]2c2ccccc2)co1. The second-order valence-electron chi connectivity index (χ2n) is 13.2. The average molecular weight is 651 g/mol. The third-order valence-corrected chi connectivity index (χ3v) is 8.16. The molecule has 1 aliphatic rings. The molecule has 10 nitrogen and oxygen atoms in total. The number of urea groups is 1. The summed E-state index contributed by atoms with van der Waals surface area (Å²) in [5.41, 5.74) is 2.65. The Morgan fingerprint density at radius 3 is 2.12 bits per heavy atom. The van der Waals surface area contributed by atoms with Crippen LogP contribution < -0.4 is 5.32 Å². The monoisotopic (exact) mass is 650 g/mol. The van der Waals surface area contributed by atoms with Crippen LogP contribution in [-0.2, 0) is 17.8 Å². The molecule has 1 aromatic heterocycles. The van der Waals surface area contributed by atoms with E-state index in [2.05, 4.69) is 10.3 Å². The molecule has 1 aliphatic carbocycles. The highest BCUT2D eigenvalue weighted by molar-refractivity contribution is 6.05. The Kier molecular flexibility index (Phi) is 11.1. The van der Waals surface area contributed by atoms with E-state index >= 15 is 0 Å². The third kappa shape index (κ3) is 9.40. The Balaban J connectivity index is 1.32. The summed E-state index contributed by atoms with van der Waals surface area (Å²) in [5, 5.41) is 2.94. The van der Waals surface area contributed by atoms with Crippen molar-refractivity contribution < 1.29 is 28.3 Å². The summed E-state index contributed by atoms with van der Waals surface area (Å²) in [4.78, 5) is 60.5. The van der Waals surface area contributed by atoms with Crippen molar-refractivity contribution in [2.75, 3.05) is 13.1 Å². The lowest BCUT2D eigenvalue weighted by Crippen LogP contribution is -2.50. The standard InChI is InChI=1S/C38H42N4O6/c1-38(2,3)21-23-42(37(46)48-25-28-16-9-5-10-17-28)36(45)41(22-13-18-27-14-7-4-8-15-27)35(44)34-40-32(26-47-34)33(43)39-31-24-30(31)29-19-11-6-12-20-29/h4-12,14-17,19-20,26,30-31H,13,18,21-25H2,1-3H3,(H,39,43)/t30-,31-/m0/s1. The van der Waals surface area contributed by atoms with Gasteiger partial charge in [0.25, 0.3) is 11.8 Å². The first-order chi connectivity index (χ1) is 23.1. The van der Waals surface area contributed by atoms with E-state index in [1.165, 1.54) is 0 Å². The van der Waals surface area contributed by atoms with Gasteiger partial charge in [-0.15, -0.1) is 0 Å². The lowest BCUT2D eigenvalue weighted by atomic mass is 9.92. The van der Waals surface area contributed by atoms with Crippen molar-refractivity contribution in [3.8, 4) is 0 Å². The topological polar surface area (TPSA) is 122 Å². The number of nitrogens with zero attached hydrogens (tertiary/aromatic N) is 3. The molecule has 1 fully saturated rings. The highest BCUT2D eigenvalue weighted by Gasteiger charge is 2.40. The number of imide groups is 2. The Labute approximate surface area is 281 Å². The van der Waals surface area contributed by atoms with Gasteiger partial charge in [0, 0.05) is 25.0 Å². The number of ether oxygens (including phenoxy) is 1. The third-order valence-electron chi connectivity index (χ3n) is 8.16. The number of aryl methyl sites for hydroxylation is 1. The molecule has 0 unspecified atom stereocenters. The molecule has 0 aliphatic heterocycles. The Bertz CT molecular complexity index is 1680. The number of oxazole rings is 1. The smallest absolute Gasteiger partial charge is 0.418 e. The second-order valence-corrected chi connectivity index (χ2v) is 13.2. The molecule has 48 heavy (non-hydrogen) atoms. The van der Waals surface area contributed by atoms with Crippen LogP contribution in [0.4, 0.5) is 9.59 Å². The first kappa shape index (κ1) is 34.1. The van der Waals surface area contributed by atoms with E-state index in [-0.39, 0.29) is 42.8 Å². The van der Waals surface area contributed by atoms with Crippen LogP contribution in [0.2, 0.25) is 0 Å². The second kappa shape index (κ2) is 15.6. The summed E-state index contributed by atoms with van der Waals surface area (Å²) >= 11 is 0. The van der Waals surface area contributed by atoms with Crippen LogP contribution in [0.15, 0.2) is 102 Å². The summed E-state index contributed by atoms with van der Waals surface area (Å²) in [6.07, 6.45) is 2.53. The molecule has 1 saturated carbocycles. The maximum Gasteiger partial charge on any atom is 0.418 e. The van der Waals surface area contributed by atoms with Crippen LogP contribution in [0, 0.1) is 5.41 Å². The van der Waals surface area contributed by atoms with Crippen LogP contribution in [0.3, 0.4) is 0 Å². The highest BCUT2D eigenvalue weighted by atomic mass is 16.6. The van der Waals surface area contributed by atoms with Gasteiger partial charge in [0.2, 0.25) is 0 Å². The van der Waals surface area contributed by atoms with Crippen LogP contribution in [0.1, 0.15) is 83.8 Å². The number of carbonyl (C=O) groups is 4. The minimum Gasteiger partial charge on any atom is -0.444 e. The predicted octanol–water partition coefficient (Wildman–Crippen LogP) is 7.23. The van der Waals surface area contributed by atoms with Gasteiger partial charge in [-0.05, 0) is 47.8 Å². The minimum atomic E-state index is -0.862. The normalized spacial score (nSPS) is 15.3. The van der Waals surface area contributed by atoms with Gasteiger partial charge in [-0.3, -0.25) is 14.5 Å². The molecule has 5 amide bonds. The fourth-order valence-corrected chi connectivity index (χ4v) is 5.28. The summed E-state index contributed by atoms with van der Waals surface area (Å²) in [6, 6.07) is 27.8. The molecule has 0 saturated heterocycles. The number of aromatic nitrogens is 1. The van der Waals surface area contributed by atoms with Gasteiger partial charge in [-0.2, -0.15) is 4.98 Å². The summed E-state index contributed by atoms with van der Waals surface area (Å²) < 4.78 is 11.0. The van der Waals surface area contributed by atoms with E-state index < -0.39 is 29.8 Å². The largest absolute Gasteiger partial charge is 0.444 e. The zero-order valence-electron chi connectivity index (χ0n) is 27.6. The van der Waals surface area contributed by atoms with E-state index in [9.17, 15) is 19.2 Å². The molecule has 10 heteroatoms. The Morgan fingerprint density at radius 1 is 0.854 bits per heavy atom. The minimum absolute atomic E-state index is 0.0186. The van der Waals surface area contributed by atoms with Crippen molar-refractivity contribution in [2.24, 2.45) is 5.41 Å². The molecule has 4 aromatic rings. The van der Waals surface area contributed by atoms with Gasteiger partial charge in [0.1, 0.15) is 12.9 Å². The van der Waals surface area contributed by atoms with E-state index in [1.54, 1.807) is 0 Å². The molecular formula is C38H42N4O6. The molecular weight excluding hydrogens is 608 g/mol. The van der Waals surface area contributed by atoms with Crippen LogP contribution in [-0.4, -0.2) is 57.9 Å². The van der Waals surface area contributed by atoms with Gasteiger partial charge < -0.3 is 14.5 Å². The van der Waals surface area contributed by atoms with E-state index in [4.69, 9.17) is 9.15 Å². The fraction of sp³-hybridized carbons (Fsp3) is 0.342. The van der Waals surface area contributed by atoms with Crippen LogP contribution in [0.5, 0.6) is 0 Å². The molecule has 2 atom stereocenters. The molecule has 1 N–H and O–H groups in total. The molecule has 250 valence electrons. The average Bonchev–Trinajstić information content (AvgIpc) is 3.67. The van der Waals surface area contributed by atoms with Gasteiger partial charge in [0.15, 0.2) is 5.69 Å². The first-order valence-corrected chi connectivity index (χ1v) is 16.3. The number of rotatable bonds is 12. The molecule has 0 spiro atoms. The summed E-state index contributed by atoms with van der Waals surface area (Å²) in [7, 11) is 0. The number of carbonyl (C=O) groups excluding carboxylic acids is 4. The molecule has 0 radical (unpaired) electrons. The van der Waals surface area contributed by atoms with Gasteiger partial charge in [-0.1, -0.05) is 112 Å². The van der Waals surface area contributed by atoms with Crippen LogP contribution in [0.25, 0.3) is 0 Å². The quantitative estimate of drug-likeness (QED) is 0.172. The van der Waals surface area contributed by atoms with Crippen molar-refractivity contribution in [3.63, 3.8) is 0 Å². The zero-order valence-corrected chi connectivity index (χ0v) is 27.6. The van der Waals surface area contributed by atoms with E-state index in [0.717, 1.165) is 39.2 Å². The number of hydrogen-bond donors (Lipinski definition) is 1. The first-order valence-electron chi connectivity index (χ1n) is 16.3. The zero-order chi connectivity index (χ0) is 34.1. The number of benzene rings is 3. The lowest BCUT2D eigenvalue weighted by molar-refractivity contribution is 0.0672. The number of hydrogen-bond acceptors (Lipinski definition) is 7. The molecule has 0 bridgehead atoms. The summed E-state index contributed by atoms with van der Waals surface area (Å²) in [5.74, 6) is -1.53. The van der Waals surface area contributed by atoms with Crippen molar-refractivity contribution in [3.05, 3.63) is 126 Å². The van der Waals surface area contributed by atoms with Crippen LogP contribution >= 0.6 is 0 Å². The van der Waals surface area contributed by atoms with E-state index in [1.807, 2.05) is 112 Å². The maximum atomic E-state index is 14.1. The Hall–Kier alpha value is -5.25. The predicted molar refractivity (Wildman–Crippen MR) is 180 cm³/mol. The molecule has 3 aromatic carbocycles. The van der Waals surface area contributed by atoms with Crippen molar-refractivity contribution in [2.45, 2.75) is 65.0 Å². The van der Waals surface area contributed by atoms with Gasteiger partial charge in [-0.25, -0.2) is 14.5 Å². The molecule has 5 rings (SSSR count). The number of amides is 5. The summed E-state index contributed by atoms with van der Waals surface area (Å²) in [6.45, 7) is 5.96. The number of nitrogens with one attached hydrogen (secondary N) is 1. The highest BCUT2D eigenvalue weighted by Crippen LogP contribution is 2.40. The van der Waals surface area contributed by atoms with Crippen molar-refractivity contribution in [1.82, 2.24) is 20.1 Å². The van der Waals surface area contributed by atoms with Gasteiger partial charge >= 0.3 is 18.0 Å². The lowest BCUT2D eigenvalue weighted by Gasteiger charge is -2.29. The van der Waals surface area contributed by atoms with Crippen molar-refractivity contribution >= 4 is 23.9 Å². The molecule has 1 heterocycles. The van der Waals surface area contributed by atoms with Gasteiger partial charge in [0.05, 0.1) is 0 Å². The maximum absolute atomic E-state index is 14.1. The fourth-order valence-electron chi connectivity index (χ4n) is 5.28. The Morgan fingerprint density at radius 2 is 1.48 bits per heavy atom. The van der Waals surface area contributed by atoms with Crippen molar-refractivity contribution in [1.29, 1.82) is 0 Å². The van der Waals surface area contributed by atoms with E-state index in [0.29, 0.717) is 19.3 Å².